The highest BCUT2D eigenvalue weighted by Gasteiger charge is 2.40. The van der Waals surface area contributed by atoms with E-state index in [1.165, 1.54) is 0 Å². The maximum atomic E-state index is 12.7. The van der Waals surface area contributed by atoms with Gasteiger partial charge in [-0.2, -0.15) is 0 Å². The van der Waals surface area contributed by atoms with Crippen LogP contribution in [0.25, 0.3) is 0 Å². The van der Waals surface area contributed by atoms with Crippen molar-refractivity contribution in [2.45, 2.75) is 56.4 Å². The standard InChI is InChI=1S/C16H26N2O2S/c1-3-14-8-6-9-15(11-14)21(19,20)18-16(12-17)10-5-4-7-13(16)2/h6,8-9,11,13,18H,3-5,7,10,12,17H2,1-2H3. The van der Waals surface area contributed by atoms with E-state index < -0.39 is 15.6 Å². The number of benzene rings is 1. The smallest absolute Gasteiger partial charge is 0.241 e. The molecule has 2 rings (SSSR count). The minimum Gasteiger partial charge on any atom is -0.329 e. The molecule has 21 heavy (non-hydrogen) atoms. The Labute approximate surface area is 128 Å². The average molecular weight is 310 g/mol. The zero-order chi connectivity index (χ0) is 15.5. The van der Waals surface area contributed by atoms with E-state index >= 15 is 0 Å². The van der Waals surface area contributed by atoms with Crippen LogP contribution in [-0.2, 0) is 16.4 Å². The highest BCUT2D eigenvalue weighted by molar-refractivity contribution is 7.89. The molecule has 5 heteroatoms. The van der Waals surface area contributed by atoms with E-state index in [-0.39, 0.29) is 5.92 Å². The number of sulfonamides is 1. The predicted molar refractivity (Wildman–Crippen MR) is 85.6 cm³/mol. The Balaban J connectivity index is 2.30. The van der Waals surface area contributed by atoms with E-state index in [9.17, 15) is 8.42 Å². The van der Waals surface area contributed by atoms with Crippen molar-refractivity contribution in [2.24, 2.45) is 11.7 Å². The van der Waals surface area contributed by atoms with Gasteiger partial charge in [0.25, 0.3) is 0 Å². The second kappa shape index (κ2) is 6.46. The first-order valence-corrected chi connectivity index (χ1v) is 9.25. The number of nitrogens with one attached hydrogen (secondary N) is 1. The molecule has 1 saturated carbocycles. The monoisotopic (exact) mass is 310 g/mol. The van der Waals surface area contributed by atoms with Crippen molar-refractivity contribution in [3.8, 4) is 0 Å². The highest BCUT2D eigenvalue weighted by Crippen LogP contribution is 2.34. The zero-order valence-corrected chi connectivity index (χ0v) is 13.7. The Kier molecular flexibility index (Phi) is 5.07. The summed E-state index contributed by atoms with van der Waals surface area (Å²) in [5.41, 5.74) is 6.47. The van der Waals surface area contributed by atoms with Crippen LogP contribution < -0.4 is 10.5 Å². The minimum atomic E-state index is -3.53. The van der Waals surface area contributed by atoms with Crippen LogP contribution in [0.3, 0.4) is 0 Å². The Morgan fingerprint density at radius 1 is 1.38 bits per heavy atom. The van der Waals surface area contributed by atoms with Crippen LogP contribution >= 0.6 is 0 Å². The molecule has 0 bridgehead atoms. The molecule has 1 fully saturated rings. The maximum Gasteiger partial charge on any atom is 0.241 e. The molecular formula is C16H26N2O2S. The first kappa shape index (κ1) is 16.5. The van der Waals surface area contributed by atoms with Crippen molar-refractivity contribution in [2.75, 3.05) is 6.54 Å². The van der Waals surface area contributed by atoms with Gasteiger partial charge in [-0.25, -0.2) is 13.1 Å². The number of hydrogen-bond donors (Lipinski definition) is 2. The predicted octanol–water partition coefficient (Wildman–Crippen LogP) is 2.43. The number of nitrogens with two attached hydrogens (primary N) is 1. The molecule has 0 heterocycles. The van der Waals surface area contributed by atoms with Gasteiger partial charge in [0.05, 0.1) is 4.90 Å². The first-order chi connectivity index (χ1) is 9.93. The summed E-state index contributed by atoms with van der Waals surface area (Å²) in [6.07, 6.45) is 4.84. The van der Waals surface area contributed by atoms with Gasteiger partial charge in [-0.15, -0.1) is 0 Å². The van der Waals surface area contributed by atoms with E-state index in [0.29, 0.717) is 11.4 Å². The third-order valence-corrected chi connectivity index (χ3v) is 6.32. The third kappa shape index (κ3) is 3.47. The van der Waals surface area contributed by atoms with Crippen LogP contribution in [-0.4, -0.2) is 20.5 Å². The average Bonchev–Trinajstić information content (AvgIpc) is 2.49. The van der Waals surface area contributed by atoms with Crippen molar-refractivity contribution in [3.63, 3.8) is 0 Å². The lowest BCUT2D eigenvalue weighted by Crippen LogP contribution is -2.58. The molecule has 1 aromatic rings. The van der Waals surface area contributed by atoms with Gasteiger partial charge in [-0.1, -0.05) is 38.8 Å². The van der Waals surface area contributed by atoms with Gasteiger partial charge >= 0.3 is 0 Å². The second-order valence-electron chi connectivity index (χ2n) is 6.11. The molecule has 1 aliphatic carbocycles. The summed E-state index contributed by atoms with van der Waals surface area (Å²) in [5.74, 6) is 0.264. The maximum absolute atomic E-state index is 12.7. The number of hydrogen-bond acceptors (Lipinski definition) is 3. The van der Waals surface area contributed by atoms with E-state index in [2.05, 4.69) is 11.6 Å². The Bertz CT molecular complexity index is 586. The molecule has 0 radical (unpaired) electrons. The molecule has 0 aliphatic heterocycles. The van der Waals surface area contributed by atoms with Gasteiger partial charge in [0.1, 0.15) is 0 Å². The lowest BCUT2D eigenvalue weighted by Gasteiger charge is -2.42. The first-order valence-electron chi connectivity index (χ1n) is 7.76. The van der Waals surface area contributed by atoms with Crippen LogP contribution in [0.2, 0.25) is 0 Å². The molecule has 3 N–H and O–H groups in total. The SMILES string of the molecule is CCc1cccc(S(=O)(=O)NC2(CN)CCCCC2C)c1. The highest BCUT2D eigenvalue weighted by atomic mass is 32.2. The number of rotatable bonds is 5. The second-order valence-corrected chi connectivity index (χ2v) is 7.80. The molecular weight excluding hydrogens is 284 g/mol. The Hall–Kier alpha value is -0.910. The van der Waals surface area contributed by atoms with E-state index in [4.69, 9.17) is 5.73 Å². The van der Waals surface area contributed by atoms with Crippen molar-refractivity contribution in [1.29, 1.82) is 0 Å². The molecule has 0 spiro atoms. The molecule has 2 atom stereocenters. The molecule has 118 valence electrons. The summed E-state index contributed by atoms with van der Waals surface area (Å²) in [5, 5.41) is 0. The normalized spacial score (nSPS) is 26.7. The fourth-order valence-electron chi connectivity index (χ4n) is 3.17. The number of aryl methyl sites for hydroxylation is 1. The molecule has 0 saturated heterocycles. The molecule has 2 unspecified atom stereocenters. The topological polar surface area (TPSA) is 72.2 Å². The molecule has 4 nitrogen and oxygen atoms in total. The lowest BCUT2D eigenvalue weighted by molar-refractivity contribution is 0.191. The van der Waals surface area contributed by atoms with Crippen molar-refractivity contribution in [1.82, 2.24) is 4.72 Å². The van der Waals surface area contributed by atoms with Gasteiger partial charge in [0.2, 0.25) is 10.0 Å². The Morgan fingerprint density at radius 2 is 2.14 bits per heavy atom. The van der Waals surface area contributed by atoms with E-state index in [1.807, 2.05) is 13.0 Å². The van der Waals surface area contributed by atoms with Crippen LogP contribution in [0.15, 0.2) is 29.2 Å². The summed E-state index contributed by atoms with van der Waals surface area (Å²) in [4.78, 5) is 0.340. The summed E-state index contributed by atoms with van der Waals surface area (Å²) in [6.45, 7) is 4.46. The van der Waals surface area contributed by atoms with Crippen molar-refractivity contribution < 1.29 is 8.42 Å². The summed E-state index contributed by atoms with van der Waals surface area (Å²) in [7, 11) is -3.53. The fourth-order valence-corrected chi connectivity index (χ4v) is 4.77. The van der Waals surface area contributed by atoms with Crippen LogP contribution in [0.5, 0.6) is 0 Å². The minimum absolute atomic E-state index is 0.264. The quantitative estimate of drug-likeness (QED) is 0.877. The fraction of sp³-hybridized carbons (Fsp3) is 0.625. The Morgan fingerprint density at radius 3 is 2.76 bits per heavy atom. The van der Waals surface area contributed by atoms with Crippen molar-refractivity contribution in [3.05, 3.63) is 29.8 Å². The van der Waals surface area contributed by atoms with Gasteiger partial charge in [-0.3, -0.25) is 0 Å². The molecule has 0 amide bonds. The summed E-state index contributed by atoms with van der Waals surface area (Å²) in [6, 6.07) is 7.15. The van der Waals surface area contributed by atoms with Gasteiger partial charge < -0.3 is 5.73 Å². The zero-order valence-electron chi connectivity index (χ0n) is 12.9. The van der Waals surface area contributed by atoms with E-state index in [0.717, 1.165) is 37.7 Å². The van der Waals surface area contributed by atoms with Gasteiger partial charge in [0, 0.05) is 12.1 Å². The molecule has 1 aromatic carbocycles. The van der Waals surface area contributed by atoms with Gasteiger partial charge in [0.15, 0.2) is 0 Å². The molecule has 0 aromatic heterocycles. The third-order valence-electron chi connectivity index (χ3n) is 4.77. The van der Waals surface area contributed by atoms with Crippen LogP contribution in [0.4, 0.5) is 0 Å². The van der Waals surface area contributed by atoms with Crippen LogP contribution in [0, 0.1) is 5.92 Å². The summed E-state index contributed by atoms with van der Waals surface area (Å²) < 4.78 is 28.3. The summed E-state index contributed by atoms with van der Waals surface area (Å²) >= 11 is 0. The largest absolute Gasteiger partial charge is 0.329 e. The van der Waals surface area contributed by atoms with Gasteiger partial charge in [-0.05, 0) is 42.9 Å². The lowest BCUT2D eigenvalue weighted by atomic mass is 9.74. The van der Waals surface area contributed by atoms with Crippen LogP contribution in [0.1, 0.15) is 45.1 Å². The van der Waals surface area contributed by atoms with E-state index in [1.54, 1.807) is 18.2 Å². The van der Waals surface area contributed by atoms with Crippen molar-refractivity contribution >= 4 is 10.0 Å². The molecule has 1 aliphatic rings.